The molecule has 0 aliphatic rings. The summed E-state index contributed by atoms with van der Waals surface area (Å²) in [6, 6.07) is 58.0. The molecule has 0 saturated carbocycles. The average molecular weight is 636 g/mol. The minimum Gasteiger partial charge on any atom is -0.309 e. The third kappa shape index (κ3) is 4.38. The molecule has 0 fully saturated rings. The van der Waals surface area contributed by atoms with E-state index in [1.807, 2.05) is 41.0 Å². The van der Waals surface area contributed by atoms with E-state index >= 15 is 0 Å². The van der Waals surface area contributed by atoms with E-state index in [4.69, 9.17) is 0 Å². The van der Waals surface area contributed by atoms with Crippen molar-refractivity contribution >= 4 is 43.6 Å². The van der Waals surface area contributed by atoms with Gasteiger partial charge in [0.05, 0.1) is 56.6 Å². The molecule has 9 rings (SSSR count). The smallest absolute Gasteiger partial charge is 0.101 e. The van der Waals surface area contributed by atoms with E-state index in [1.54, 1.807) is 12.1 Å². The number of para-hydroxylation sites is 4. The van der Waals surface area contributed by atoms with Gasteiger partial charge in [0.2, 0.25) is 0 Å². The maximum atomic E-state index is 10.2. The maximum Gasteiger partial charge on any atom is 0.101 e. The van der Waals surface area contributed by atoms with Crippen LogP contribution in [0.1, 0.15) is 16.7 Å². The highest BCUT2D eigenvalue weighted by Gasteiger charge is 2.19. The lowest BCUT2D eigenvalue weighted by molar-refractivity contribution is 1.17. The highest BCUT2D eigenvalue weighted by Crippen LogP contribution is 2.39. The van der Waals surface area contributed by atoms with Crippen molar-refractivity contribution in [3.8, 4) is 51.8 Å². The van der Waals surface area contributed by atoms with E-state index in [0.29, 0.717) is 16.7 Å². The van der Waals surface area contributed by atoms with Crippen molar-refractivity contribution in [3.63, 3.8) is 0 Å². The molecule has 0 aliphatic heterocycles. The van der Waals surface area contributed by atoms with Gasteiger partial charge in [0.25, 0.3) is 0 Å². The number of hydrogen-bond donors (Lipinski definition) is 0. The Labute approximate surface area is 287 Å². The van der Waals surface area contributed by atoms with E-state index in [1.165, 1.54) is 10.8 Å². The average Bonchev–Trinajstić information content (AvgIpc) is 3.70. The van der Waals surface area contributed by atoms with Crippen LogP contribution in [-0.4, -0.2) is 9.13 Å². The molecule has 5 heteroatoms. The fourth-order valence-corrected chi connectivity index (χ4v) is 7.43. The SMILES string of the molecule is N#Cc1cc(-c2cccc(-c3ccccc3-n3c4ccccc4c4ccccc43)c2)cc(-n2c3ccc(C#N)cc3c3cccc(C#N)c32)c1. The molecule has 2 heterocycles. The first-order valence-electron chi connectivity index (χ1n) is 16.3. The van der Waals surface area contributed by atoms with Crippen molar-refractivity contribution in [2.24, 2.45) is 0 Å². The first kappa shape index (κ1) is 28.8. The molecular formula is C45H25N5. The third-order valence-corrected chi connectivity index (χ3v) is 9.57. The van der Waals surface area contributed by atoms with Crippen LogP contribution in [-0.2, 0) is 0 Å². The minimum atomic E-state index is 0.506. The van der Waals surface area contributed by atoms with Crippen LogP contribution in [0.2, 0.25) is 0 Å². The Kier molecular flexibility index (Phi) is 6.56. The predicted octanol–water partition coefficient (Wildman–Crippen LogP) is 10.8. The van der Waals surface area contributed by atoms with Crippen molar-refractivity contribution < 1.29 is 0 Å². The summed E-state index contributed by atoms with van der Waals surface area (Å²) in [6.45, 7) is 0. The molecule has 0 amide bonds. The van der Waals surface area contributed by atoms with Crippen LogP contribution >= 0.6 is 0 Å². The fourth-order valence-electron chi connectivity index (χ4n) is 7.43. The van der Waals surface area contributed by atoms with Gasteiger partial charge in [0.15, 0.2) is 0 Å². The monoisotopic (exact) mass is 635 g/mol. The number of aromatic nitrogens is 2. The summed E-state index contributed by atoms with van der Waals surface area (Å²) in [5.41, 5.74) is 11.3. The van der Waals surface area contributed by atoms with Gasteiger partial charge in [-0.3, -0.25) is 0 Å². The standard InChI is InChI=1S/C45H25N5/c46-26-29-19-20-44-40(23-29)39-15-8-11-33(28-48)45(39)49(44)35-22-30(27-47)21-34(25-35)31-9-7-10-32(24-31)36-12-1-4-16-41(36)50-42-17-5-2-13-37(42)38-14-3-6-18-43(38)50/h1-25H. The Morgan fingerprint density at radius 1 is 0.400 bits per heavy atom. The van der Waals surface area contributed by atoms with Crippen molar-refractivity contribution in [3.05, 3.63) is 168 Å². The lowest BCUT2D eigenvalue weighted by atomic mass is 9.96. The van der Waals surface area contributed by atoms with Gasteiger partial charge < -0.3 is 9.13 Å². The summed E-state index contributed by atoms with van der Waals surface area (Å²) < 4.78 is 4.38. The summed E-state index contributed by atoms with van der Waals surface area (Å²) in [5.74, 6) is 0. The Morgan fingerprint density at radius 3 is 1.82 bits per heavy atom. The van der Waals surface area contributed by atoms with Crippen LogP contribution in [0.4, 0.5) is 0 Å². The molecule has 2 aromatic heterocycles. The van der Waals surface area contributed by atoms with E-state index in [9.17, 15) is 15.8 Å². The number of nitriles is 3. The van der Waals surface area contributed by atoms with Gasteiger partial charge in [0, 0.05) is 32.8 Å². The molecule has 0 bridgehead atoms. The summed E-state index contributed by atoms with van der Waals surface area (Å²) in [4.78, 5) is 0. The van der Waals surface area contributed by atoms with Crippen LogP contribution in [0.5, 0.6) is 0 Å². The minimum absolute atomic E-state index is 0.506. The first-order chi connectivity index (χ1) is 24.7. The lowest BCUT2D eigenvalue weighted by Crippen LogP contribution is -1.98. The zero-order valence-corrected chi connectivity index (χ0v) is 26.7. The quantitative estimate of drug-likeness (QED) is 0.193. The highest BCUT2D eigenvalue weighted by molar-refractivity contribution is 6.12. The molecule has 0 radical (unpaired) electrons. The lowest BCUT2D eigenvalue weighted by Gasteiger charge is -2.15. The summed E-state index contributed by atoms with van der Waals surface area (Å²) in [6.07, 6.45) is 0. The topological polar surface area (TPSA) is 81.2 Å². The molecule has 7 aromatic carbocycles. The van der Waals surface area contributed by atoms with Crippen LogP contribution < -0.4 is 0 Å². The molecule has 0 saturated heterocycles. The molecule has 0 spiro atoms. The molecule has 5 nitrogen and oxygen atoms in total. The zero-order valence-electron chi connectivity index (χ0n) is 26.7. The second-order valence-corrected chi connectivity index (χ2v) is 12.3. The van der Waals surface area contributed by atoms with Gasteiger partial charge in [-0.2, -0.15) is 15.8 Å². The predicted molar refractivity (Wildman–Crippen MR) is 200 cm³/mol. The first-order valence-corrected chi connectivity index (χ1v) is 16.3. The zero-order chi connectivity index (χ0) is 33.8. The molecule has 9 aromatic rings. The van der Waals surface area contributed by atoms with Crippen LogP contribution in [0.3, 0.4) is 0 Å². The highest BCUT2D eigenvalue weighted by atomic mass is 15.0. The van der Waals surface area contributed by atoms with Gasteiger partial charge in [-0.1, -0.05) is 84.9 Å². The Balaban J connectivity index is 1.24. The van der Waals surface area contributed by atoms with E-state index < -0.39 is 0 Å². The van der Waals surface area contributed by atoms with E-state index in [-0.39, 0.29) is 0 Å². The van der Waals surface area contributed by atoms with Crippen LogP contribution in [0, 0.1) is 34.0 Å². The normalized spacial score (nSPS) is 11.1. The summed E-state index contributed by atoms with van der Waals surface area (Å²) >= 11 is 0. The Morgan fingerprint density at radius 2 is 1.06 bits per heavy atom. The van der Waals surface area contributed by atoms with Crippen LogP contribution in [0.15, 0.2) is 152 Å². The Bertz CT molecular complexity index is 2920. The van der Waals surface area contributed by atoms with Crippen LogP contribution in [0.25, 0.3) is 77.2 Å². The number of nitrogens with zero attached hydrogens (tertiary/aromatic N) is 5. The second-order valence-electron chi connectivity index (χ2n) is 12.3. The van der Waals surface area contributed by atoms with Gasteiger partial charge >= 0.3 is 0 Å². The molecule has 0 atom stereocenters. The number of rotatable bonds is 4. The molecule has 50 heavy (non-hydrogen) atoms. The summed E-state index contributed by atoms with van der Waals surface area (Å²) in [5, 5.41) is 34.2. The van der Waals surface area contributed by atoms with Gasteiger partial charge in [0.1, 0.15) is 6.07 Å². The van der Waals surface area contributed by atoms with Crippen molar-refractivity contribution in [2.75, 3.05) is 0 Å². The van der Waals surface area contributed by atoms with Gasteiger partial charge in [-0.05, 0) is 83.4 Å². The van der Waals surface area contributed by atoms with Gasteiger partial charge in [-0.15, -0.1) is 0 Å². The van der Waals surface area contributed by atoms with E-state index in [0.717, 1.165) is 66.5 Å². The van der Waals surface area contributed by atoms with E-state index in [2.05, 4.69) is 126 Å². The second kappa shape index (κ2) is 11.4. The number of fused-ring (bicyclic) bond motifs is 6. The molecule has 0 unspecified atom stereocenters. The van der Waals surface area contributed by atoms with Crippen molar-refractivity contribution in [1.82, 2.24) is 9.13 Å². The summed E-state index contributed by atoms with van der Waals surface area (Å²) in [7, 11) is 0. The van der Waals surface area contributed by atoms with Gasteiger partial charge in [-0.25, -0.2) is 0 Å². The molecular weight excluding hydrogens is 611 g/mol. The third-order valence-electron chi connectivity index (χ3n) is 9.57. The van der Waals surface area contributed by atoms with Crippen molar-refractivity contribution in [2.45, 2.75) is 0 Å². The number of benzene rings is 7. The molecule has 0 aliphatic carbocycles. The fraction of sp³-hybridized carbons (Fsp3) is 0. The maximum absolute atomic E-state index is 10.2. The molecule has 230 valence electrons. The molecule has 0 N–H and O–H groups in total. The largest absolute Gasteiger partial charge is 0.309 e. The Hall–Kier alpha value is -7.39. The number of hydrogen-bond acceptors (Lipinski definition) is 3. The van der Waals surface area contributed by atoms with Crippen molar-refractivity contribution in [1.29, 1.82) is 15.8 Å².